The molecule has 4 aromatic rings. The molecule has 1 aromatic heterocycles. The Morgan fingerprint density at radius 1 is 1.00 bits per heavy atom. The summed E-state index contributed by atoms with van der Waals surface area (Å²) >= 11 is 3.55. The third-order valence-corrected chi connectivity index (χ3v) is 7.13. The van der Waals surface area contributed by atoms with Crippen molar-refractivity contribution in [3.63, 3.8) is 0 Å². The van der Waals surface area contributed by atoms with E-state index in [0.717, 1.165) is 37.4 Å². The maximum absolute atomic E-state index is 13.8. The number of methoxy groups -OCH3 is 3. The highest BCUT2D eigenvalue weighted by molar-refractivity contribution is 9.10. The van der Waals surface area contributed by atoms with Crippen molar-refractivity contribution in [2.75, 3.05) is 21.3 Å². The number of carbonyl (C=O) groups is 2. The van der Waals surface area contributed by atoms with Gasteiger partial charge in [-0.05, 0) is 67.8 Å². The molecule has 0 fully saturated rings. The van der Waals surface area contributed by atoms with Crippen LogP contribution < -0.4 is 14.2 Å². The number of halogens is 1. The summed E-state index contributed by atoms with van der Waals surface area (Å²) < 4.78 is 19.0. The van der Waals surface area contributed by atoms with E-state index in [1.54, 1.807) is 12.1 Å². The van der Waals surface area contributed by atoms with E-state index in [-0.39, 0.29) is 5.78 Å². The number of hydrogen-bond acceptors (Lipinski definition) is 5. The highest BCUT2D eigenvalue weighted by Crippen LogP contribution is 2.42. The van der Waals surface area contributed by atoms with E-state index >= 15 is 0 Å². The molecule has 1 heterocycles. The Kier molecular flexibility index (Phi) is 7.00. The highest BCUT2D eigenvalue weighted by atomic mass is 79.9. The van der Waals surface area contributed by atoms with Gasteiger partial charge in [0.05, 0.1) is 32.4 Å². The van der Waals surface area contributed by atoms with Gasteiger partial charge in [0.15, 0.2) is 17.3 Å². The first-order chi connectivity index (χ1) is 17.2. The van der Waals surface area contributed by atoms with Crippen molar-refractivity contribution in [3.8, 4) is 17.2 Å². The summed E-state index contributed by atoms with van der Waals surface area (Å²) in [6.45, 7) is 5.67. The van der Waals surface area contributed by atoms with E-state index in [9.17, 15) is 14.7 Å². The van der Waals surface area contributed by atoms with Gasteiger partial charge in [0, 0.05) is 26.4 Å². The number of aryl methyl sites for hydroxylation is 2. The van der Waals surface area contributed by atoms with Gasteiger partial charge in [-0.2, -0.15) is 0 Å². The summed E-state index contributed by atoms with van der Waals surface area (Å²) in [5, 5.41) is 11.7. The van der Waals surface area contributed by atoms with Crippen LogP contribution in [0.5, 0.6) is 17.2 Å². The van der Waals surface area contributed by atoms with Crippen molar-refractivity contribution < 1.29 is 28.9 Å². The lowest BCUT2D eigenvalue weighted by Gasteiger charge is -2.18. The van der Waals surface area contributed by atoms with Gasteiger partial charge < -0.3 is 23.9 Å². The van der Waals surface area contributed by atoms with Crippen molar-refractivity contribution in [3.05, 3.63) is 63.1 Å². The zero-order valence-electron chi connectivity index (χ0n) is 21.1. The van der Waals surface area contributed by atoms with E-state index in [1.807, 2.05) is 49.6 Å². The molecule has 188 valence electrons. The maximum Gasteiger partial charge on any atom is 0.326 e. The molecular formula is C28H28BrNO6. The van der Waals surface area contributed by atoms with Gasteiger partial charge in [-0.25, -0.2) is 4.79 Å². The van der Waals surface area contributed by atoms with Crippen LogP contribution in [0, 0.1) is 13.8 Å². The maximum atomic E-state index is 13.8. The van der Waals surface area contributed by atoms with Crippen LogP contribution in [0.15, 0.2) is 40.9 Å². The Balaban J connectivity index is 2.05. The Labute approximate surface area is 217 Å². The Morgan fingerprint density at radius 3 is 2.17 bits per heavy atom. The number of ketones is 1. The van der Waals surface area contributed by atoms with Gasteiger partial charge in [-0.15, -0.1) is 0 Å². The number of ether oxygens (including phenoxy) is 3. The zero-order valence-corrected chi connectivity index (χ0v) is 22.6. The fraction of sp³-hybridized carbons (Fsp3) is 0.286. The smallest absolute Gasteiger partial charge is 0.326 e. The van der Waals surface area contributed by atoms with Gasteiger partial charge >= 0.3 is 5.97 Å². The second-order valence-corrected chi connectivity index (χ2v) is 9.54. The number of fused-ring (bicyclic) bond motifs is 3. The normalized spacial score (nSPS) is 12.1. The molecule has 3 aromatic carbocycles. The van der Waals surface area contributed by atoms with Crippen LogP contribution in [0.2, 0.25) is 0 Å². The molecule has 36 heavy (non-hydrogen) atoms. The predicted octanol–water partition coefficient (Wildman–Crippen LogP) is 6.47. The fourth-order valence-corrected chi connectivity index (χ4v) is 5.34. The molecule has 0 spiro atoms. The Bertz CT molecular complexity index is 1500. The number of rotatable bonds is 8. The lowest BCUT2D eigenvalue weighted by Crippen LogP contribution is -2.18. The molecule has 0 radical (unpaired) electrons. The van der Waals surface area contributed by atoms with Gasteiger partial charge in [-0.1, -0.05) is 22.9 Å². The second kappa shape index (κ2) is 9.85. The van der Waals surface area contributed by atoms with Crippen LogP contribution in [0.1, 0.15) is 46.4 Å². The first-order valence-electron chi connectivity index (χ1n) is 11.5. The van der Waals surface area contributed by atoms with Crippen molar-refractivity contribution in [1.29, 1.82) is 0 Å². The molecule has 4 rings (SSSR count). The topological polar surface area (TPSA) is 87.0 Å². The van der Waals surface area contributed by atoms with E-state index in [1.165, 1.54) is 21.3 Å². The molecule has 0 amide bonds. The minimum atomic E-state index is -0.895. The lowest BCUT2D eigenvalue weighted by molar-refractivity contribution is -0.140. The average molecular weight is 554 g/mol. The number of nitrogens with zero attached hydrogens (tertiary/aromatic N) is 1. The molecule has 7 nitrogen and oxygen atoms in total. The fourth-order valence-electron chi connectivity index (χ4n) is 4.98. The molecule has 0 aliphatic carbocycles. The van der Waals surface area contributed by atoms with Gasteiger partial charge in [0.25, 0.3) is 0 Å². The molecule has 0 aliphatic heterocycles. The third-order valence-electron chi connectivity index (χ3n) is 6.63. The number of carboxylic acid groups (broad SMARTS) is 1. The zero-order chi connectivity index (χ0) is 26.3. The number of hydrogen-bond donors (Lipinski definition) is 1. The van der Waals surface area contributed by atoms with Crippen molar-refractivity contribution in [2.24, 2.45) is 0 Å². The number of carboxylic acids is 1. The van der Waals surface area contributed by atoms with Crippen LogP contribution in [0.3, 0.4) is 0 Å². The van der Waals surface area contributed by atoms with E-state index in [4.69, 9.17) is 14.2 Å². The van der Waals surface area contributed by atoms with Crippen LogP contribution in [-0.2, 0) is 4.79 Å². The Hall–Kier alpha value is -3.52. The molecule has 0 bridgehead atoms. The number of carbonyl (C=O) groups excluding carboxylic acids is 1. The largest absolute Gasteiger partial charge is 0.493 e. The van der Waals surface area contributed by atoms with Crippen molar-refractivity contribution in [2.45, 2.75) is 33.2 Å². The van der Waals surface area contributed by atoms with E-state index < -0.39 is 12.0 Å². The van der Waals surface area contributed by atoms with E-state index in [0.29, 0.717) is 34.8 Å². The van der Waals surface area contributed by atoms with E-state index in [2.05, 4.69) is 15.9 Å². The lowest BCUT2D eigenvalue weighted by atomic mass is 9.93. The molecule has 1 unspecified atom stereocenters. The quantitative estimate of drug-likeness (QED) is 0.252. The number of aliphatic carboxylic acids is 1. The minimum absolute atomic E-state index is 0.196. The standard InChI is InChI=1S/C28H28BrNO6/c1-7-20(28(32)33)30-21-9-8-17(29)13-19(21)24-15(3)18(10-14(2)25(24)30)26(31)16-11-22(34-4)27(36-6)23(12-16)35-5/h8-13,20H,7H2,1-6H3,(H,32,33). The van der Waals surface area contributed by atoms with Gasteiger partial charge in [0.1, 0.15) is 6.04 Å². The van der Waals surface area contributed by atoms with Crippen LogP contribution in [0.25, 0.3) is 21.8 Å². The summed E-state index contributed by atoms with van der Waals surface area (Å²) in [4.78, 5) is 26.0. The van der Waals surface area contributed by atoms with Crippen LogP contribution in [0.4, 0.5) is 0 Å². The Morgan fingerprint density at radius 2 is 1.64 bits per heavy atom. The molecule has 0 saturated carbocycles. The highest BCUT2D eigenvalue weighted by Gasteiger charge is 2.27. The van der Waals surface area contributed by atoms with Gasteiger partial charge in [0.2, 0.25) is 5.75 Å². The monoisotopic (exact) mass is 553 g/mol. The molecule has 1 atom stereocenters. The molecule has 0 saturated heterocycles. The molecule has 8 heteroatoms. The summed E-state index contributed by atoms with van der Waals surface area (Å²) in [6.07, 6.45) is 0.425. The molecule has 1 N–H and O–H groups in total. The number of benzene rings is 3. The van der Waals surface area contributed by atoms with Gasteiger partial charge in [-0.3, -0.25) is 4.79 Å². The summed E-state index contributed by atoms with van der Waals surface area (Å²) in [7, 11) is 4.52. The summed E-state index contributed by atoms with van der Waals surface area (Å²) in [5.41, 5.74) is 4.14. The minimum Gasteiger partial charge on any atom is -0.493 e. The number of aromatic nitrogens is 1. The summed E-state index contributed by atoms with van der Waals surface area (Å²) in [5.74, 6) is 0.103. The molecular weight excluding hydrogens is 526 g/mol. The van der Waals surface area contributed by atoms with Crippen LogP contribution >= 0.6 is 15.9 Å². The second-order valence-electron chi connectivity index (χ2n) is 8.63. The summed E-state index contributed by atoms with van der Waals surface area (Å²) in [6, 6.07) is 10.2. The third kappa shape index (κ3) is 3.99. The van der Waals surface area contributed by atoms with Crippen LogP contribution in [-0.4, -0.2) is 42.8 Å². The first-order valence-corrected chi connectivity index (χ1v) is 12.3. The first kappa shape index (κ1) is 25.6. The van der Waals surface area contributed by atoms with Crippen molar-refractivity contribution in [1.82, 2.24) is 4.57 Å². The van der Waals surface area contributed by atoms with Crippen molar-refractivity contribution >= 4 is 49.5 Å². The predicted molar refractivity (Wildman–Crippen MR) is 143 cm³/mol. The molecule has 0 aliphatic rings. The SMILES string of the molecule is CCC(C(=O)O)n1c2ccc(Br)cc2c2c(C)c(C(=O)c3cc(OC)c(OC)c(OC)c3)cc(C)c21. The average Bonchev–Trinajstić information content (AvgIpc) is 3.19.